The molecular formula is C52H68ClFN10O5S2. The number of nitrogens with one attached hydrogen (secondary N) is 4. The Morgan fingerprint density at radius 3 is 2.35 bits per heavy atom. The molecule has 15 nitrogen and oxygen atoms in total. The summed E-state index contributed by atoms with van der Waals surface area (Å²) in [7, 11) is 3.29. The third kappa shape index (κ3) is 12.3. The van der Waals surface area contributed by atoms with Gasteiger partial charge in [0, 0.05) is 62.2 Å². The summed E-state index contributed by atoms with van der Waals surface area (Å²) in [5.41, 5.74) is 4.04. The van der Waals surface area contributed by atoms with Crippen LogP contribution in [-0.4, -0.2) is 134 Å². The van der Waals surface area contributed by atoms with Gasteiger partial charge in [-0.1, -0.05) is 35.9 Å². The Morgan fingerprint density at radius 1 is 1.00 bits per heavy atom. The molecule has 4 aliphatic rings. The predicted molar refractivity (Wildman–Crippen MR) is 280 cm³/mol. The van der Waals surface area contributed by atoms with Gasteiger partial charge in [-0.05, 0) is 133 Å². The number of carbonyl (C=O) groups is 4. The van der Waals surface area contributed by atoms with E-state index in [9.17, 15) is 19.2 Å². The molecule has 2 aromatic heterocycles. The van der Waals surface area contributed by atoms with Crippen LogP contribution in [0.5, 0.6) is 5.75 Å². The van der Waals surface area contributed by atoms with Gasteiger partial charge in [0.2, 0.25) is 17.8 Å². The van der Waals surface area contributed by atoms with Gasteiger partial charge in [0.1, 0.15) is 28.7 Å². The van der Waals surface area contributed by atoms with E-state index in [1.165, 1.54) is 6.20 Å². The molecule has 8 rings (SSSR count). The second-order valence-electron chi connectivity index (χ2n) is 20.3. The van der Waals surface area contributed by atoms with E-state index in [4.69, 9.17) is 16.3 Å². The highest BCUT2D eigenvalue weighted by Crippen LogP contribution is 2.42. The second-order valence-corrected chi connectivity index (χ2v) is 23.3. The van der Waals surface area contributed by atoms with E-state index in [0.29, 0.717) is 84.6 Å². The number of thiazole rings is 1. The van der Waals surface area contributed by atoms with Gasteiger partial charge >= 0.3 is 0 Å². The summed E-state index contributed by atoms with van der Waals surface area (Å²) < 4.78 is 20.1. The number of aryl methyl sites for hydroxylation is 1. The van der Waals surface area contributed by atoms with Crippen molar-refractivity contribution in [3.63, 3.8) is 0 Å². The van der Waals surface area contributed by atoms with Crippen molar-refractivity contribution in [2.45, 2.75) is 127 Å². The number of likely N-dealkylation sites (tertiary alicyclic amines) is 1. The number of thioether (sulfide) groups is 1. The van der Waals surface area contributed by atoms with Gasteiger partial charge in [-0.2, -0.15) is 16.7 Å². The standard InChI is InChI=1S/C52H68ClFN10O5S2/c1-31-26-62(47(66)38-18-19-40(42(23-38)69-7)59-50-57-25-39(53)45(55-6)61-50)27-32(2)64(31)28-35-10-12-36(13-11-35)29-71-51(4,5)44(60-49(68)52(54)20-21-52)48(67)63-22-8-9-41(63)46(65)56-24-34-14-16-37(17-15-34)43-33(3)58-30-70-43/h14-19,23,25,30-32,35-36,41,44H,8-13,20-22,24,26-29H2,1-7H3,(H,56,65)(H,60,68)(H2,55,57,59,61)/t31-,32+,35?,36?,41-,44?/m0/s1. The fraction of sp³-hybridized carbons (Fsp3) is 0.558. The molecule has 382 valence electrons. The molecule has 71 heavy (non-hydrogen) atoms. The number of nitrogens with zero attached hydrogens (tertiary/aromatic N) is 6. The lowest BCUT2D eigenvalue weighted by atomic mass is 9.82. The number of alkyl halides is 1. The molecule has 2 aliphatic carbocycles. The van der Waals surface area contributed by atoms with Crippen molar-refractivity contribution >= 4 is 75.8 Å². The van der Waals surface area contributed by atoms with Gasteiger partial charge in [-0.3, -0.25) is 24.1 Å². The van der Waals surface area contributed by atoms with Crippen LogP contribution in [0.1, 0.15) is 101 Å². The highest BCUT2D eigenvalue weighted by Gasteiger charge is 2.54. The topological polar surface area (TPSA) is 174 Å². The average molecular weight is 1030 g/mol. The van der Waals surface area contributed by atoms with Crippen LogP contribution < -0.4 is 26.0 Å². The fourth-order valence-corrected chi connectivity index (χ4v) is 12.6. The third-order valence-corrected chi connectivity index (χ3v) is 17.6. The van der Waals surface area contributed by atoms with Crippen molar-refractivity contribution in [3.05, 3.63) is 76.0 Å². The van der Waals surface area contributed by atoms with Crippen molar-refractivity contribution in [1.29, 1.82) is 0 Å². The zero-order valence-electron chi connectivity index (χ0n) is 41.9. The maximum atomic E-state index is 15.2. The Bertz CT molecular complexity index is 2540. The minimum absolute atomic E-state index is 0.0448. The minimum atomic E-state index is -1.95. The summed E-state index contributed by atoms with van der Waals surface area (Å²) in [6.45, 7) is 13.2. The number of rotatable bonds is 18. The molecule has 2 saturated carbocycles. The number of aromatic nitrogens is 3. The number of hydrogen-bond donors (Lipinski definition) is 4. The number of hydrogen-bond acceptors (Lipinski definition) is 13. The van der Waals surface area contributed by atoms with E-state index < -0.39 is 28.4 Å². The summed E-state index contributed by atoms with van der Waals surface area (Å²) in [6, 6.07) is 12.0. The van der Waals surface area contributed by atoms with E-state index in [2.05, 4.69) is 55.0 Å². The Labute approximate surface area is 430 Å². The van der Waals surface area contributed by atoms with E-state index in [1.807, 2.05) is 55.4 Å². The number of amides is 4. The average Bonchev–Trinajstić information content (AvgIpc) is 3.69. The van der Waals surface area contributed by atoms with Gasteiger partial charge < -0.3 is 35.8 Å². The number of benzene rings is 2. The van der Waals surface area contributed by atoms with Crippen LogP contribution in [0.25, 0.3) is 10.4 Å². The van der Waals surface area contributed by atoms with Gasteiger partial charge in [0.15, 0.2) is 5.67 Å². The van der Waals surface area contributed by atoms with Gasteiger partial charge in [0.05, 0.1) is 35.1 Å². The lowest BCUT2D eigenvalue weighted by Gasteiger charge is -2.46. The number of carbonyl (C=O) groups excluding carboxylic acids is 4. The molecule has 4 N–H and O–H groups in total. The van der Waals surface area contributed by atoms with Crippen LogP contribution in [-0.2, 0) is 20.9 Å². The SMILES string of the molecule is CNc1nc(Nc2ccc(C(=O)N3C[C@@H](C)N(CC4CCC(CSC(C)(C)C(NC(=O)C5(F)CC5)C(=O)N5CCC[C@H]5C(=O)NCc5ccc(-c6scnc6C)cc5)CC4)[C@@H](C)C3)cc2OC)ncc1Cl. The van der Waals surface area contributed by atoms with Crippen LogP contribution in [0.15, 0.2) is 54.2 Å². The molecule has 4 aromatic rings. The van der Waals surface area contributed by atoms with Gasteiger partial charge in [-0.25, -0.2) is 14.4 Å². The highest BCUT2D eigenvalue weighted by atomic mass is 35.5. The molecule has 0 spiro atoms. The Morgan fingerprint density at radius 2 is 1.70 bits per heavy atom. The molecule has 2 saturated heterocycles. The number of methoxy groups -OCH3 is 1. The molecule has 2 aliphatic heterocycles. The monoisotopic (exact) mass is 1030 g/mol. The van der Waals surface area contributed by atoms with Crippen LogP contribution in [0.3, 0.4) is 0 Å². The van der Waals surface area contributed by atoms with Gasteiger partial charge in [0.25, 0.3) is 11.8 Å². The molecule has 4 fully saturated rings. The van der Waals surface area contributed by atoms with Crippen LogP contribution in [0, 0.1) is 18.8 Å². The molecule has 0 radical (unpaired) electrons. The molecule has 19 heteroatoms. The molecule has 4 amide bonds. The first-order valence-corrected chi connectivity index (χ1v) is 27.1. The summed E-state index contributed by atoms with van der Waals surface area (Å²) in [6.07, 6.45) is 7.22. The zero-order valence-corrected chi connectivity index (χ0v) is 44.2. The third-order valence-electron chi connectivity index (χ3n) is 14.8. The van der Waals surface area contributed by atoms with E-state index in [0.717, 1.165) is 59.7 Å². The van der Waals surface area contributed by atoms with Crippen molar-refractivity contribution in [2.75, 3.05) is 56.7 Å². The molecule has 4 heterocycles. The normalized spacial score (nSPS) is 22.6. The van der Waals surface area contributed by atoms with Crippen molar-refractivity contribution in [1.82, 2.24) is 40.3 Å². The zero-order chi connectivity index (χ0) is 50.6. The fourth-order valence-electron chi connectivity index (χ4n) is 10.3. The Balaban J connectivity index is 0.822. The van der Waals surface area contributed by atoms with Gasteiger partial charge in [-0.15, -0.1) is 11.3 Å². The lowest BCUT2D eigenvalue weighted by molar-refractivity contribution is -0.143. The van der Waals surface area contributed by atoms with E-state index in [-0.39, 0.29) is 42.6 Å². The smallest absolute Gasteiger partial charge is 0.258 e. The second kappa shape index (κ2) is 22.4. The molecule has 1 unspecified atom stereocenters. The number of halogens is 2. The van der Waals surface area contributed by atoms with Crippen LogP contribution in [0.2, 0.25) is 5.02 Å². The van der Waals surface area contributed by atoms with Crippen molar-refractivity contribution in [2.24, 2.45) is 11.8 Å². The number of anilines is 3. The maximum absolute atomic E-state index is 15.2. The Kier molecular flexibility index (Phi) is 16.5. The summed E-state index contributed by atoms with van der Waals surface area (Å²) in [4.78, 5) is 75.7. The number of piperazine rings is 1. The summed E-state index contributed by atoms with van der Waals surface area (Å²) in [5.74, 6) is 1.71. The van der Waals surface area contributed by atoms with Crippen molar-refractivity contribution in [3.8, 4) is 16.2 Å². The highest BCUT2D eigenvalue weighted by molar-refractivity contribution is 8.00. The van der Waals surface area contributed by atoms with E-state index in [1.54, 1.807) is 60.4 Å². The maximum Gasteiger partial charge on any atom is 0.258 e. The Hall–Kier alpha value is -5.04. The first-order valence-electron chi connectivity index (χ1n) is 24.9. The first-order chi connectivity index (χ1) is 34.0. The number of ether oxygens (including phenoxy) is 1. The molecule has 2 aromatic carbocycles. The summed E-state index contributed by atoms with van der Waals surface area (Å²) >= 11 is 9.41. The minimum Gasteiger partial charge on any atom is -0.495 e. The largest absolute Gasteiger partial charge is 0.495 e. The molecule has 0 bridgehead atoms. The first kappa shape index (κ1) is 52.3. The van der Waals surface area contributed by atoms with Crippen LogP contribution >= 0.6 is 34.7 Å². The summed E-state index contributed by atoms with van der Waals surface area (Å²) in [5, 5.41) is 12.4. The lowest BCUT2D eigenvalue weighted by Crippen LogP contribution is -2.61. The predicted octanol–water partition coefficient (Wildman–Crippen LogP) is 8.50. The van der Waals surface area contributed by atoms with E-state index >= 15 is 4.39 Å². The quantitative estimate of drug-likeness (QED) is 0.0750. The van der Waals surface area contributed by atoms with Crippen LogP contribution in [0.4, 0.5) is 21.8 Å². The van der Waals surface area contributed by atoms with Crippen molar-refractivity contribution < 1.29 is 28.3 Å². The molecular weight excluding hydrogens is 963 g/mol. The molecule has 4 atom stereocenters.